The van der Waals surface area contributed by atoms with Crippen LogP contribution in [0.5, 0.6) is 0 Å². The van der Waals surface area contributed by atoms with Gasteiger partial charge in [-0.05, 0) is 18.2 Å². The third-order valence-corrected chi connectivity index (χ3v) is 3.05. The Morgan fingerprint density at radius 3 is 2.73 bits per heavy atom. The largest absolute Gasteiger partial charge is 0.383 e. The average molecular weight is 304 g/mol. The average Bonchev–Trinajstić information content (AvgIpc) is 2.53. The van der Waals surface area contributed by atoms with Gasteiger partial charge in [-0.2, -0.15) is 5.10 Å². The molecule has 8 heteroatoms. The summed E-state index contributed by atoms with van der Waals surface area (Å²) in [6.07, 6.45) is 0. The van der Waals surface area contributed by atoms with E-state index >= 15 is 0 Å². The highest BCUT2D eigenvalue weighted by Crippen LogP contribution is 2.20. The summed E-state index contributed by atoms with van der Waals surface area (Å²) < 4.78 is 4.92. The Kier molecular flexibility index (Phi) is 5.34. The molecule has 0 saturated heterocycles. The second-order valence-electron chi connectivity index (χ2n) is 4.58. The predicted octanol–water partition coefficient (Wildman–Crippen LogP) is 1.08. The second-order valence-corrected chi connectivity index (χ2v) is 4.58. The number of non-ortho nitro benzene ring substituents is 1. The van der Waals surface area contributed by atoms with Crippen molar-refractivity contribution in [3.63, 3.8) is 0 Å². The van der Waals surface area contributed by atoms with Gasteiger partial charge in [0.05, 0.1) is 17.2 Å². The van der Waals surface area contributed by atoms with Crippen LogP contribution in [-0.2, 0) is 11.3 Å². The molecule has 0 amide bonds. The molecule has 116 valence electrons. The highest BCUT2D eigenvalue weighted by atomic mass is 16.6. The van der Waals surface area contributed by atoms with E-state index in [2.05, 4.69) is 15.5 Å². The molecule has 0 fully saturated rings. The summed E-state index contributed by atoms with van der Waals surface area (Å²) in [5, 5.41) is 20.1. The molecule has 0 radical (unpaired) electrons. The van der Waals surface area contributed by atoms with Crippen LogP contribution < -0.4 is 10.9 Å². The number of nitro groups is 1. The van der Waals surface area contributed by atoms with Crippen molar-refractivity contribution in [1.29, 1.82) is 0 Å². The monoisotopic (exact) mass is 304 g/mol. The molecule has 0 saturated carbocycles. The fourth-order valence-electron chi connectivity index (χ4n) is 1.88. The number of nitro benzene ring substituents is 1. The number of nitrogens with one attached hydrogen (secondary N) is 2. The fourth-order valence-corrected chi connectivity index (χ4v) is 1.88. The van der Waals surface area contributed by atoms with Gasteiger partial charge in [0.1, 0.15) is 0 Å². The first-order chi connectivity index (χ1) is 10.6. The van der Waals surface area contributed by atoms with Crippen LogP contribution in [0.1, 0.15) is 5.56 Å². The van der Waals surface area contributed by atoms with E-state index in [1.807, 2.05) is 0 Å². The van der Waals surface area contributed by atoms with Gasteiger partial charge in [0.25, 0.3) is 11.2 Å². The summed E-state index contributed by atoms with van der Waals surface area (Å²) in [5.41, 5.74) is 1.53. The van der Waals surface area contributed by atoms with Crippen LogP contribution in [0.25, 0.3) is 11.3 Å². The van der Waals surface area contributed by atoms with Gasteiger partial charge in [-0.25, -0.2) is 5.10 Å². The molecule has 0 aliphatic carbocycles. The number of nitrogens with zero attached hydrogens (tertiary/aromatic N) is 2. The van der Waals surface area contributed by atoms with Crippen molar-refractivity contribution in [2.75, 3.05) is 20.3 Å². The van der Waals surface area contributed by atoms with Gasteiger partial charge in [-0.15, -0.1) is 0 Å². The molecular formula is C14H16N4O4. The molecule has 1 aromatic carbocycles. The third kappa shape index (κ3) is 3.96. The van der Waals surface area contributed by atoms with E-state index in [0.717, 1.165) is 0 Å². The lowest BCUT2D eigenvalue weighted by Crippen LogP contribution is -2.24. The van der Waals surface area contributed by atoms with Gasteiger partial charge in [0, 0.05) is 43.5 Å². The summed E-state index contributed by atoms with van der Waals surface area (Å²) in [5.74, 6) is 0. The van der Waals surface area contributed by atoms with Gasteiger partial charge < -0.3 is 10.1 Å². The zero-order chi connectivity index (χ0) is 15.9. The highest BCUT2D eigenvalue weighted by Gasteiger charge is 2.08. The quantitative estimate of drug-likeness (QED) is 0.450. The molecule has 2 N–H and O–H groups in total. The number of ether oxygens (including phenoxy) is 1. The Bertz CT molecular complexity index is 697. The molecule has 0 bridgehead atoms. The van der Waals surface area contributed by atoms with E-state index in [-0.39, 0.29) is 11.2 Å². The van der Waals surface area contributed by atoms with Gasteiger partial charge in [0.15, 0.2) is 0 Å². The van der Waals surface area contributed by atoms with Crippen LogP contribution >= 0.6 is 0 Å². The molecule has 1 heterocycles. The van der Waals surface area contributed by atoms with E-state index in [0.29, 0.717) is 36.5 Å². The number of aromatic nitrogens is 2. The highest BCUT2D eigenvalue weighted by molar-refractivity contribution is 5.60. The summed E-state index contributed by atoms with van der Waals surface area (Å²) in [6.45, 7) is 1.57. The van der Waals surface area contributed by atoms with Crippen LogP contribution in [0.15, 0.2) is 35.1 Å². The standard InChI is InChI=1S/C14H16N4O4/c1-22-7-6-15-9-11-8-13(16-17-14(11)19)10-2-4-12(5-3-10)18(20)21/h2-5,8,15H,6-7,9H2,1H3,(H,17,19). The topological polar surface area (TPSA) is 110 Å². The van der Waals surface area contributed by atoms with Gasteiger partial charge >= 0.3 is 0 Å². The lowest BCUT2D eigenvalue weighted by molar-refractivity contribution is -0.384. The minimum Gasteiger partial charge on any atom is -0.383 e. The van der Waals surface area contributed by atoms with Crippen molar-refractivity contribution >= 4 is 5.69 Å². The number of hydrogen-bond acceptors (Lipinski definition) is 6. The fraction of sp³-hybridized carbons (Fsp3) is 0.286. The molecule has 22 heavy (non-hydrogen) atoms. The van der Waals surface area contributed by atoms with Crippen molar-refractivity contribution in [1.82, 2.24) is 15.5 Å². The van der Waals surface area contributed by atoms with Crippen molar-refractivity contribution in [3.05, 3.63) is 56.4 Å². The summed E-state index contributed by atoms with van der Waals surface area (Å²) in [6, 6.07) is 7.67. The van der Waals surface area contributed by atoms with Crippen LogP contribution in [0.4, 0.5) is 5.69 Å². The van der Waals surface area contributed by atoms with E-state index in [4.69, 9.17) is 4.74 Å². The SMILES string of the molecule is COCCNCc1cc(-c2ccc([N+](=O)[O-])cc2)n[nH]c1=O. The second kappa shape index (κ2) is 7.43. The molecular weight excluding hydrogens is 288 g/mol. The molecule has 8 nitrogen and oxygen atoms in total. The maximum Gasteiger partial charge on any atom is 0.269 e. The Morgan fingerprint density at radius 1 is 1.36 bits per heavy atom. The van der Waals surface area contributed by atoms with E-state index in [1.54, 1.807) is 25.3 Å². The summed E-state index contributed by atoms with van der Waals surface area (Å²) >= 11 is 0. The summed E-state index contributed by atoms with van der Waals surface area (Å²) in [4.78, 5) is 21.9. The zero-order valence-corrected chi connectivity index (χ0v) is 12.0. The van der Waals surface area contributed by atoms with Crippen molar-refractivity contribution in [2.45, 2.75) is 6.54 Å². The molecule has 0 atom stereocenters. The number of rotatable bonds is 7. The van der Waals surface area contributed by atoms with Crippen LogP contribution in [0.2, 0.25) is 0 Å². The number of aromatic amines is 1. The van der Waals surface area contributed by atoms with Crippen molar-refractivity contribution < 1.29 is 9.66 Å². The molecule has 0 aliphatic rings. The first-order valence-electron chi connectivity index (χ1n) is 6.65. The minimum absolute atomic E-state index is 0.00892. The maximum absolute atomic E-state index is 11.7. The number of hydrogen-bond donors (Lipinski definition) is 2. The number of methoxy groups -OCH3 is 1. The number of benzene rings is 1. The Morgan fingerprint density at radius 2 is 2.09 bits per heavy atom. The lowest BCUT2D eigenvalue weighted by Gasteiger charge is -2.05. The Labute approximate surface area is 126 Å². The predicted molar refractivity (Wildman–Crippen MR) is 80.5 cm³/mol. The molecule has 0 aliphatic heterocycles. The first kappa shape index (κ1) is 15.8. The normalized spacial score (nSPS) is 10.6. The third-order valence-electron chi connectivity index (χ3n) is 3.05. The van der Waals surface area contributed by atoms with Gasteiger partial charge in [-0.1, -0.05) is 0 Å². The Hall–Kier alpha value is -2.58. The molecule has 0 unspecified atom stereocenters. The van der Waals surface area contributed by atoms with Crippen molar-refractivity contribution in [2.24, 2.45) is 0 Å². The van der Waals surface area contributed by atoms with Gasteiger partial charge in [-0.3, -0.25) is 14.9 Å². The van der Waals surface area contributed by atoms with Crippen LogP contribution in [0.3, 0.4) is 0 Å². The van der Waals surface area contributed by atoms with Crippen LogP contribution in [-0.4, -0.2) is 35.4 Å². The summed E-state index contributed by atoms with van der Waals surface area (Å²) in [7, 11) is 1.60. The van der Waals surface area contributed by atoms with Crippen LogP contribution in [0, 0.1) is 10.1 Å². The number of H-pyrrole nitrogens is 1. The van der Waals surface area contributed by atoms with Crippen molar-refractivity contribution in [3.8, 4) is 11.3 Å². The van der Waals surface area contributed by atoms with E-state index in [1.165, 1.54) is 12.1 Å². The first-order valence-corrected chi connectivity index (χ1v) is 6.65. The lowest BCUT2D eigenvalue weighted by atomic mass is 10.1. The van der Waals surface area contributed by atoms with E-state index in [9.17, 15) is 14.9 Å². The van der Waals surface area contributed by atoms with E-state index < -0.39 is 4.92 Å². The molecule has 2 aromatic rings. The molecule has 1 aromatic heterocycles. The molecule has 0 spiro atoms. The van der Waals surface area contributed by atoms with Gasteiger partial charge in [0.2, 0.25) is 0 Å². The molecule has 2 rings (SSSR count). The minimum atomic E-state index is -0.463. The smallest absolute Gasteiger partial charge is 0.269 e. The maximum atomic E-state index is 11.7. The Balaban J connectivity index is 2.17. The zero-order valence-electron chi connectivity index (χ0n) is 12.0.